The van der Waals surface area contributed by atoms with Crippen LogP contribution in [-0.4, -0.2) is 19.0 Å². The highest BCUT2D eigenvalue weighted by Crippen LogP contribution is 2.56. The number of hydrogen-bond acceptors (Lipinski definition) is 2. The minimum Gasteiger partial charge on any atom is -0.347 e. The summed E-state index contributed by atoms with van der Waals surface area (Å²) in [6, 6.07) is 10.5. The van der Waals surface area contributed by atoms with Crippen molar-refractivity contribution in [3.8, 4) is 0 Å². The monoisotopic (exact) mass is 176 g/mol. The normalized spacial score (nSPS) is 29.4. The molecule has 13 heavy (non-hydrogen) atoms. The van der Waals surface area contributed by atoms with Crippen LogP contribution in [0.5, 0.6) is 0 Å². The molecule has 0 aromatic heterocycles. The van der Waals surface area contributed by atoms with Gasteiger partial charge in [0.1, 0.15) is 0 Å². The molecule has 0 N–H and O–H groups in total. The van der Waals surface area contributed by atoms with E-state index in [-0.39, 0.29) is 5.79 Å². The van der Waals surface area contributed by atoms with Gasteiger partial charge in [0.05, 0.1) is 13.2 Å². The summed E-state index contributed by atoms with van der Waals surface area (Å²) in [6.07, 6.45) is 1.02. The fourth-order valence-electron chi connectivity index (χ4n) is 2.07. The molecule has 0 radical (unpaired) electrons. The third kappa shape index (κ3) is 1.10. The molecule has 1 aromatic carbocycles. The van der Waals surface area contributed by atoms with Crippen LogP contribution >= 0.6 is 0 Å². The number of ether oxygens (including phenoxy) is 2. The van der Waals surface area contributed by atoms with E-state index < -0.39 is 0 Å². The average molecular weight is 176 g/mol. The second kappa shape index (κ2) is 2.56. The molecule has 1 heterocycles. The summed E-state index contributed by atoms with van der Waals surface area (Å²) in [7, 11) is 0. The summed E-state index contributed by atoms with van der Waals surface area (Å²) in [5, 5.41) is 0. The van der Waals surface area contributed by atoms with Gasteiger partial charge in [-0.15, -0.1) is 0 Å². The fraction of sp³-hybridized carbons (Fsp3) is 0.455. The SMILES string of the molecule is c1ccc(C2CC23OCCO3)cc1. The van der Waals surface area contributed by atoms with Crippen LogP contribution in [0.1, 0.15) is 17.9 Å². The zero-order valence-corrected chi connectivity index (χ0v) is 7.40. The molecule has 2 fully saturated rings. The van der Waals surface area contributed by atoms with E-state index in [9.17, 15) is 0 Å². The van der Waals surface area contributed by atoms with Crippen molar-refractivity contribution < 1.29 is 9.47 Å². The second-order valence-corrected chi connectivity index (χ2v) is 3.68. The van der Waals surface area contributed by atoms with E-state index in [0.717, 1.165) is 19.6 Å². The van der Waals surface area contributed by atoms with Gasteiger partial charge in [0, 0.05) is 12.3 Å². The summed E-state index contributed by atoms with van der Waals surface area (Å²) in [5.74, 6) is 0.234. The highest BCUT2D eigenvalue weighted by molar-refractivity contribution is 5.29. The van der Waals surface area contributed by atoms with E-state index in [1.54, 1.807) is 0 Å². The van der Waals surface area contributed by atoms with Gasteiger partial charge in [-0.05, 0) is 5.56 Å². The van der Waals surface area contributed by atoms with Crippen LogP contribution in [0.15, 0.2) is 30.3 Å². The first-order valence-electron chi connectivity index (χ1n) is 4.74. The molecule has 1 saturated heterocycles. The van der Waals surface area contributed by atoms with Gasteiger partial charge >= 0.3 is 0 Å². The van der Waals surface area contributed by atoms with Gasteiger partial charge in [-0.2, -0.15) is 0 Å². The first kappa shape index (κ1) is 7.54. The molecule has 2 heteroatoms. The minimum atomic E-state index is -0.235. The van der Waals surface area contributed by atoms with Crippen molar-refractivity contribution in [2.75, 3.05) is 13.2 Å². The first-order chi connectivity index (χ1) is 6.41. The summed E-state index contributed by atoms with van der Waals surface area (Å²) in [5.41, 5.74) is 1.34. The Morgan fingerprint density at radius 3 is 2.46 bits per heavy atom. The lowest BCUT2D eigenvalue weighted by atomic mass is 10.1. The van der Waals surface area contributed by atoms with Gasteiger partial charge in [-0.25, -0.2) is 0 Å². The molecule has 2 aliphatic rings. The Morgan fingerprint density at radius 1 is 1.08 bits per heavy atom. The molecule has 2 nitrogen and oxygen atoms in total. The molecule has 1 aliphatic carbocycles. The van der Waals surface area contributed by atoms with Crippen molar-refractivity contribution in [1.29, 1.82) is 0 Å². The standard InChI is InChI=1S/C11H12O2/c1-2-4-9(5-3-1)10-8-11(10)12-6-7-13-11/h1-5,10H,6-8H2. The maximum absolute atomic E-state index is 5.60. The number of rotatable bonds is 1. The van der Waals surface area contributed by atoms with Crippen molar-refractivity contribution in [2.24, 2.45) is 0 Å². The molecule has 0 amide bonds. The van der Waals surface area contributed by atoms with Crippen LogP contribution in [0.25, 0.3) is 0 Å². The summed E-state index contributed by atoms with van der Waals surface area (Å²) < 4.78 is 11.2. The van der Waals surface area contributed by atoms with E-state index in [2.05, 4.69) is 24.3 Å². The Hall–Kier alpha value is -0.860. The number of benzene rings is 1. The van der Waals surface area contributed by atoms with Crippen LogP contribution in [0, 0.1) is 0 Å². The molecule has 1 atom stereocenters. The quantitative estimate of drug-likeness (QED) is 0.650. The zero-order valence-electron chi connectivity index (χ0n) is 7.40. The Bertz CT molecular complexity index is 301. The Balaban J connectivity index is 1.83. The van der Waals surface area contributed by atoms with Crippen molar-refractivity contribution in [3.63, 3.8) is 0 Å². The molecule has 1 aromatic rings. The lowest BCUT2D eigenvalue weighted by Gasteiger charge is -2.07. The smallest absolute Gasteiger partial charge is 0.176 e. The van der Waals surface area contributed by atoms with Crippen molar-refractivity contribution in [3.05, 3.63) is 35.9 Å². The third-order valence-corrected chi connectivity index (χ3v) is 2.84. The molecular formula is C11H12O2. The van der Waals surface area contributed by atoms with Crippen molar-refractivity contribution in [2.45, 2.75) is 18.1 Å². The highest BCUT2D eigenvalue weighted by atomic mass is 16.7. The largest absolute Gasteiger partial charge is 0.347 e. The number of hydrogen-bond donors (Lipinski definition) is 0. The third-order valence-electron chi connectivity index (χ3n) is 2.84. The molecule has 68 valence electrons. The van der Waals surface area contributed by atoms with Crippen LogP contribution in [0.3, 0.4) is 0 Å². The van der Waals surface area contributed by atoms with Crippen molar-refractivity contribution in [1.82, 2.24) is 0 Å². The predicted molar refractivity (Wildman–Crippen MR) is 48.4 cm³/mol. The summed E-state index contributed by atoms with van der Waals surface area (Å²) >= 11 is 0. The molecule has 1 saturated carbocycles. The first-order valence-corrected chi connectivity index (χ1v) is 4.74. The summed E-state index contributed by atoms with van der Waals surface area (Å²) in [4.78, 5) is 0. The maximum atomic E-state index is 5.60. The second-order valence-electron chi connectivity index (χ2n) is 3.68. The summed E-state index contributed by atoms with van der Waals surface area (Å²) in [6.45, 7) is 1.51. The molecule has 1 unspecified atom stereocenters. The van der Waals surface area contributed by atoms with E-state index in [0.29, 0.717) is 5.92 Å². The maximum Gasteiger partial charge on any atom is 0.176 e. The molecular weight excluding hydrogens is 164 g/mol. The Kier molecular flexibility index (Phi) is 1.49. The Labute approximate surface area is 77.5 Å². The molecule has 0 bridgehead atoms. The van der Waals surface area contributed by atoms with Gasteiger partial charge < -0.3 is 9.47 Å². The highest BCUT2D eigenvalue weighted by Gasteiger charge is 2.60. The predicted octanol–water partition coefficient (Wildman–Crippen LogP) is 1.92. The van der Waals surface area contributed by atoms with E-state index >= 15 is 0 Å². The van der Waals surface area contributed by atoms with E-state index in [4.69, 9.17) is 9.47 Å². The van der Waals surface area contributed by atoms with Gasteiger partial charge in [-0.1, -0.05) is 30.3 Å². The van der Waals surface area contributed by atoms with Crippen LogP contribution in [0.2, 0.25) is 0 Å². The van der Waals surface area contributed by atoms with Gasteiger partial charge in [0.15, 0.2) is 5.79 Å². The van der Waals surface area contributed by atoms with Crippen LogP contribution in [-0.2, 0) is 9.47 Å². The van der Waals surface area contributed by atoms with E-state index in [1.807, 2.05) is 6.07 Å². The van der Waals surface area contributed by atoms with Crippen LogP contribution < -0.4 is 0 Å². The van der Waals surface area contributed by atoms with Gasteiger partial charge in [0.2, 0.25) is 0 Å². The van der Waals surface area contributed by atoms with Crippen LogP contribution in [0.4, 0.5) is 0 Å². The minimum absolute atomic E-state index is 0.235. The van der Waals surface area contributed by atoms with Gasteiger partial charge in [-0.3, -0.25) is 0 Å². The van der Waals surface area contributed by atoms with E-state index in [1.165, 1.54) is 5.56 Å². The lowest BCUT2D eigenvalue weighted by Crippen LogP contribution is -2.10. The lowest BCUT2D eigenvalue weighted by molar-refractivity contribution is -0.0736. The fourth-order valence-corrected chi connectivity index (χ4v) is 2.07. The van der Waals surface area contributed by atoms with Crippen molar-refractivity contribution >= 4 is 0 Å². The average Bonchev–Trinajstić information content (AvgIpc) is 2.66. The van der Waals surface area contributed by atoms with Gasteiger partial charge in [0.25, 0.3) is 0 Å². The Morgan fingerprint density at radius 2 is 1.77 bits per heavy atom. The zero-order chi connectivity index (χ0) is 8.73. The molecule has 3 rings (SSSR count). The topological polar surface area (TPSA) is 18.5 Å². The molecule has 1 aliphatic heterocycles. The molecule has 1 spiro atoms.